The number of pyridine rings is 1. The standard InChI is InChI=1S/C8H11NO2/c1-2-11-7-9-5-3-8(10)4-6-9/h3-6H,2,7H2,1H3. The first kappa shape index (κ1) is 8.01. The molecule has 1 heterocycles. The zero-order valence-corrected chi connectivity index (χ0v) is 6.49. The Morgan fingerprint density at radius 2 is 2.09 bits per heavy atom. The van der Waals surface area contributed by atoms with E-state index in [2.05, 4.69) is 0 Å². The summed E-state index contributed by atoms with van der Waals surface area (Å²) in [5, 5.41) is 0. The van der Waals surface area contributed by atoms with Gasteiger partial charge in [-0.25, -0.2) is 0 Å². The molecule has 0 aromatic carbocycles. The molecule has 0 spiro atoms. The van der Waals surface area contributed by atoms with Gasteiger partial charge in [-0.3, -0.25) is 4.79 Å². The average Bonchev–Trinajstić information content (AvgIpc) is 2.04. The molecule has 0 radical (unpaired) electrons. The normalized spacial score (nSPS) is 9.91. The minimum absolute atomic E-state index is 0.0257. The highest BCUT2D eigenvalue weighted by Gasteiger charge is 1.85. The van der Waals surface area contributed by atoms with E-state index in [9.17, 15) is 4.79 Å². The Morgan fingerprint density at radius 1 is 1.45 bits per heavy atom. The van der Waals surface area contributed by atoms with Crippen molar-refractivity contribution in [2.45, 2.75) is 13.7 Å². The van der Waals surface area contributed by atoms with Crippen molar-refractivity contribution in [1.29, 1.82) is 0 Å². The molecule has 3 nitrogen and oxygen atoms in total. The highest BCUT2D eigenvalue weighted by Crippen LogP contribution is 1.85. The Balaban J connectivity index is 2.59. The van der Waals surface area contributed by atoms with E-state index in [-0.39, 0.29) is 5.43 Å². The van der Waals surface area contributed by atoms with E-state index < -0.39 is 0 Å². The fraction of sp³-hybridized carbons (Fsp3) is 0.375. The molecule has 1 aromatic rings. The molecule has 1 aromatic heterocycles. The summed E-state index contributed by atoms with van der Waals surface area (Å²) in [5.41, 5.74) is 0.0257. The van der Waals surface area contributed by atoms with Crippen LogP contribution in [0.4, 0.5) is 0 Å². The Hall–Kier alpha value is -1.09. The van der Waals surface area contributed by atoms with Gasteiger partial charge in [-0.2, -0.15) is 0 Å². The SMILES string of the molecule is CCOCn1ccc(=O)cc1. The molecule has 0 bridgehead atoms. The maximum Gasteiger partial charge on any atom is 0.181 e. The van der Waals surface area contributed by atoms with Crippen LogP contribution < -0.4 is 5.43 Å². The van der Waals surface area contributed by atoms with E-state index in [1.165, 1.54) is 12.1 Å². The molecule has 0 N–H and O–H groups in total. The third-order valence-electron chi connectivity index (χ3n) is 1.31. The second-order valence-corrected chi connectivity index (χ2v) is 2.17. The van der Waals surface area contributed by atoms with Crippen LogP contribution in [0.3, 0.4) is 0 Å². The third-order valence-corrected chi connectivity index (χ3v) is 1.31. The molecule has 0 fully saturated rings. The van der Waals surface area contributed by atoms with Gasteiger partial charge < -0.3 is 9.30 Å². The lowest BCUT2D eigenvalue weighted by molar-refractivity contribution is 0.0874. The van der Waals surface area contributed by atoms with Crippen LogP contribution in [0, 0.1) is 0 Å². The van der Waals surface area contributed by atoms with Gasteiger partial charge in [-0.15, -0.1) is 0 Å². The molecule has 0 aliphatic heterocycles. The topological polar surface area (TPSA) is 31.2 Å². The zero-order valence-electron chi connectivity index (χ0n) is 6.49. The lowest BCUT2D eigenvalue weighted by Crippen LogP contribution is -2.05. The molecule has 0 aliphatic rings. The van der Waals surface area contributed by atoms with Crippen LogP contribution in [0.5, 0.6) is 0 Å². The Bertz CT molecular complexity index is 247. The van der Waals surface area contributed by atoms with Gasteiger partial charge in [0, 0.05) is 31.1 Å². The first-order valence-corrected chi connectivity index (χ1v) is 3.57. The van der Waals surface area contributed by atoms with Gasteiger partial charge in [0.25, 0.3) is 0 Å². The summed E-state index contributed by atoms with van der Waals surface area (Å²) in [5.74, 6) is 0. The molecule has 11 heavy (non-hydrogen) atoms. The fourth-order valence-electron chi connectivity index (χ4n) is 0.726. The van der Waals surface area contributed by atoms with E-state index in [0.29, 0.717) is 13.3 Å². The molecule has 1 rings (SSSR count). The van der Waals surface area contributed by atoms with Gasteiger partial charge in [0.1, 0.15) is 6.73 Å². The summed E-state index contributed by atoms with van der Waals surface area (Å²) in [7, 11) is 0. The number of rotatable bonds is 3. The summed E-state index contributed by atoms with van der Waals surface area (Å²) in [6.07, 6.45) is 3.41. The van der Waals surface area contributed by atoms with E-state index >= 15 is 0 Å². The summed E-state index contributed by atoms with van der Waals surface area (Å²) < 4.78 is 6.93. The van der Waals surface area contributed by atoms with Crippen LogP contribution in [0.15, 0.2) is 29.3 Å². The predicted molar refractivity (Wildman–Crippen MR) is 42.3 cm³/mol. The molecular formula is C8H11NO2. The lowest BCUT2D eigenvalue weighted by atomic mass is 10.5. The van der Waals surface area contributed by atoms with Crippen molar-refractivity contribution in [2.24, 2.45) is 0 Å². The van der Waals surface area contributed by atoms with Crippen molar-refractivity contribution >= 4 is 0 Å². The molecule has 3 heteroatoms. The molecule has 0 saturated heterocycles. The Morgan fingerprint density at radius 3 is 2.64 bits per heavy atom. The maximum atomic E-state index is 10.6. The number of ether oxygens (including phenoxy) is 1. The van der Waals surface area contributed by atoms with Gasteiger partial charge in [-0.1, -0.05) is 0 Å². The molecular weight excluding hydrogens is 142 g/mol. The van der Waals surface area contributed by atoms with Crippen molar-refractivity contribution in [1.82, 2.24) is 4.57 Å². The average molecular weight is 153 g/mol. The van der Waals surface area contributed by atoms with Crippen LogP contribution >= 0.6 is 0 Å². The van der Waals surface area contributed by atoms with E-state index in [1.807, 2.05) is 11.5 Å². The Labute approximate surface area is 65.2 Å². The van der Waals surface area contributed by atoms with Crippen LogP contribution in [-0.4, -0.2) is 11.2 Å². The second kappa shape index (κ2) is 3.93. The van der Waals surface area contributed by atoms with Gasteiger partial charge in [-0.05, 0) is 6.92 Å². The summed E-state index contributed by atoms with van der Waals surface area (Å²) in [4.78, 5) is 10.6. The lowest BCUT2D eigenvalue weighted by Gasteiger charge is -2.03. The van der Waals surface area contributed by atoms with Crippen LogP contribution in [0.2, 0.25) is 0 Å². The number of hydrogen-bond donors (Lipinski definition) is 0. The van der Waals surface area contributed by atoms with Crippen molar-refractivity contribution in [3.05, 3.63) is 34.7 Å². The highest BCUT2D eigenvalue weighted by molar-refractivity contribution is 4.92. The predicted octanol–water partition coefficient (Wildman–Crippen LogP) is 0.842. The largest absolute Gasteiger partial charge is 0.361 e. The van der Waals surface area contributed by atoms with E-state index in [0.717, 1.165) is 0 Å². The summed E-state index contributed by atoms with van der Waals surface area (Å²) in [6, 6.07) is 3.03. The quantitative estimate of drug-likeness (QED) is 0.644. The first-order valence-electron chi connectivity index (χ1n) is 3.57. The first-order chi connectivity index (χ1) is 5.33. The van der Waals surface area contributed by atoms with Gasteiger partial charge >= 0.3 is 0 Å². The number of aromatic nitrogens is 1. The van der Waals surface area contributed by atoms with E-state index in [1.54, 1.807) is 12.4 Å². The van der Waals surface area contributed by atoms with Gasteiger partial charge in [0.15, 0.2) is 5.43 Å². The van der Waals surface area contributed by atoms with Crippen LogP contribution in [-0.2, 0) is 11.5 Å². The van der Waals surface area contributed by atoms with Crippen molar-refractivity contribution in [3.63, 3.8) is 0 Å². The Kier molecular flexibility index (Phi) is 2.86. The van der Waals surface area contributed by atoms with Crippen LogP contribution in [0.1, 0.15) is 6.92 Å². The highest BCUT2D eigenvalue weighted by atomic mass is 16.5. The van der Waals surface area contributed by atoms with Crippen molar-refractivity contribution in [2.75, 3.05) is 6.61 Å². The molecule has 0 amide bonds. The fourth-order valence-corrected chi connectivity index (χ4v) is 0.726. The molecule has 0 unspecified atom stereocenters. The maximum absolute atomic E-state index is 10.6. The molecule has 0 aliphatic carbocycles. The molecule has 60 valence electrons. The van der Waals surface area contributed by atoms with Gasteiger partial charge in [0.05, 0.1) is 0 Å². The van der Waals surface area contributed by atoms with Crippen molar-refractivity contribution in [3.8, 4) is 0 Å². The minimum atomic E-state index is 0.0257. The molecule has 0 atom stereocenters. The number of hydrogen-bond acceptors (Lipinski definition) is 2. The van der Waals surface area contributed by atoms with Gasteiger partial charge in [0.2, 0.25) is 0 Å². The number of nitrogens with zero attached hydrogens (tertiary/aromatic N) is 1. The van der Waals surface area contributed by atoms with Crippen molar-refractivity contribution < 1.29 is 4.74 Å². The van der Waals surface area contributed by atoms with E-state index in [4.69, 9.17) is 4.74 Å². The third kappa shape index (κ3) is 2.55. The monoisotopic (exact) mass is 153 g/mol. The minimum Gasteiger partial charge on any atom is -0.361 e. The zero-order chi connectivity index (χ0) is 8.10. The smallest absolute Gasteiger partial charge is 0.181 e. The molecule has 0 saturated carbocycles. The summed E-state index contributed by atoms with van der Waals surface area (Å²) >= 11 is 0. The second-order valence-electron chi connectivity index (χ2n) is 2.17. The van der Waals surface area contributed by atoms with Crippen LogP contribution in [0.25, 0.3) is 0 Å². The summed E-state index contributed by atoms with van der Waals surface area (Å²) in [6.45, 7) is 3.13.